The van der Waals surface area contributed by atoms with E-state index in [1.165, 1.54) is 5.56 Å². The maximum absolute atomic E-state index is 12.9. The van der Waals surface area contributed by atoms with E-state index in [1.54, 1.807) is 0 Å². The molecule has 1 saturated heterocycles. The number of para-hydroxylation sites is 1. The van der Waals surface area contributed by atoms with Gasteiger partial charge in [-0.1, -0.05) is 18.2 Å². The summed E-state index contributed by atoms with van der Waals surface area (Å²) in [5.41, 5.74) is 1.95. The van der Waals surface area contributed by atoms with Crippen LogP contribution in [0, 0.1) is 0 Å². The summed E-state index contributed by atoms with van der Waals surface area (Å²) in [5.74, 6) is 0.254. The number of carbonyl (C=O) groups excluding carboxylic acids is 1. The monoisotopic (exact) mass is 288 g/mol. The first kappa shape index (κ1) is 14.5. The van der Waals surface area contributed by atoms with Gasteiger partial charge in [0.1, 0.15) is 0 Å². The summed E-state index contributed by atoms with van der Waals surface area (Å²) in [5, 5.41) is 0. The highest BCUT2D eigenvalue weighted by Gasteiger charge is 2.51. The second-order valence-electron chi connectivity index (χ2n) is 6.04. The summed E-state index contributed by atoms with van der Waals surface area (Å²) in [6.07, 6.45) is 2.03. The molecule has 0 aliphatic carbocycles. The molecule has 2 aliphatic rings. The van der Waals surface area contributed by atoms with E-state index in [1.807, 2.05) is 31.0 Å². The molecule has 4 nitrogen and oxygen atoms in total. The Hall–Kier alpha value is -1.39. The Morgan fingerprint density at radius 3 is 2.95 bits per heavy atom. The smallest absolute Gasteiger partial charge is 0.238 e. The molecule has 0 bridgehead atoms. The van der Waals surface area contributed by atoms with E-state index in [-0.39, 0.29) is 11.3 Å². The minimum absolute atomic E-state index is 0.254. The summed E-state index contributed by atoms with van der Waals surface area (Å²) in [6.45, 7) is 6.31. The van der Waals surface area contributed by atoms with Gasteiger partial charge in [0.05, 0.1) is 12.0 Å². The van der Waals surface area contributed by atoms with Gasteiger partial charge >= 0.3 is 0 Å². The Kier molecular flexibility index (Phi) is 4.00. The van der Waals surface area contributed by atoms with Gasteiger partial charge in [-0.25, -0.2) is 0 Å². The van der Waals surface area contributed by atoms with Crippen LogP contribution in [0.5, 0.6) is 0 Å². The number of rotatable bonds is 4. The number of carbonyl (C=O) groups is 1. The molecule has 0 saturated carbocycles. The van der Waals surface area contributed by atoms with Crippen LogP contribution in [0.2, 0.25) is 0 Å². The van der Waals surface area contributed by atoms with Gasteiger partial charge in [-0.3, -0.25) is 9.69 Å². The zero-order valence-electron chi connectivity index (χ0n) is 13.0. The lowest BCUT2D eigenvalue weighted by Gasteiger charge is -2.39. The first-order valence-corrected chi connectivity index (χ1v) is 7.87. The van der Waals surface area contributed by atoms with Crippen molar-refractivity contribution in [3.05, 3.63) is 29.8 Å². The number of hydrogen-bond donors (Lipinski definition) is 0. The topological polar surface area (TPSA) is 32.8 Å². The van der Waals surface area contributed by atoms with Crippen molar-refractivity contribution < 1.29 is 9.53 Å². The predicted octanol–water partition coefficient (Wildman–Crippen LogP) is 2.03. The summed E-state index contributed by atoms with van der Waals surface area (Å²) >= 11 is 0. The molecule has 1 aromatic carbocycles. The van der Waals surface area contributed by atoms with Crippen molar-refractivity contribution in [2.45, 2.75) is 25.2 Å². The number of nitrogens with zero attached hydrogens (tertiary/aromatic N) is 2. The normalized spacial score (nSPS) is 25.6. The molecule has 0 radical (unpaired) electrons. The van der Waals surface area contributed by atoms with Crippen LogP contribution in [0.1, 0.15) is 25.3 Å². The van der Waals surface area contributed by atoms with Crippen molar-refractivity contribution >= 4 is 11.6 Å². The van der Waals surface area contributed by atoms with Gasteiger partial charge in [-0.15, -0.1) is 0 Å². The number of likely N-dealkylation sites (N-methyl/N-ethyl adjacent to an activating group) is 1. The molecule has 114 valence electrons. The second-order valence-corrected chi connectivity index (χ2v) is 6.04. The summed E-state index contributed by atoms with van der Waals surface area (Å²) in [7, 11) is 1.90. The number of fused-ring (bicyclic) bond motifs is 2. The zero-order chi connectivity index (χ0) is 14.9. The molecule has 1 fully saturated rings. The molecule has 21 heavy (non-hydrogen) atoms. The number of amides is 1. The molecule has 0 unspecified atom stereocenters. The van der Waals surface area contributed by atoms with Crippen molar-refractivity contribution in [3.8, 4) is 0 Å². The van der Waals surface area contributed by atoms with Crippen molar-refractivity contribution in [3.63, 3.8) is 0 Å². The zero-order valence-corrected chi connectivity index (χ0v) is 13.0. The number of benzene rings is 1. The number of anilines is 1. The van der Waals surface area contributed by atoms with E-state index in [9.17, 15) is 4.79 Å². The number of piperidine rings is 1. The fraction of sp³-hybridized carbons (Fsp3) is 0.588. The van der Waals surface area contributed by atoms with Crippen molar-refractivity contribution in [2.24, 2.45) is 0 Å². The summed E-state index contributed by atoms with van der Waals surface area (Å²) in [6, 6.07) is 8.24. The van der Waals surface area contributed by atoms with Crippen LogP contribution >= 0.6 is 0 Å². The highest BCUT2D eigenvalue weighted by Crippen LogP contribution is 2.45. The SMILES string of the molecule is CCOCCN1CCC[C@@]2(C1)C(=O)N(C)c1ccccc12. The Morgan fingerprint density at radius 1 is 1.33 bits per heavy atom. The number of likely N-dealkylation sites (tertiary alicyclic amines) is 1. The number of hydrogen-bond acceptors (Lipinski definition) is 3. The van der Waals surface area contributed by atoms with Crippen LogP contribution in [-0.2, 0) is 14.9 Å². The van der Waals surface area contributed by atoms with E-state index in [0.717, 1.165) is 51.4 Å². The maximum atomic E-state index is 12.9. The number of ether oxygens (including phenoxy) is 1. The van der Waals surface area contributed by atoms with E-state index in [4.69, 9.17) is 4.74 Å². The molecule has 0 aromatic heterocycles. The van der Waals surface area contributed by atoms with Gasteiger partial charge in [0.2, 0.25) is 5.91 Å². The Labute approximate surface area is 126 Å². The molecule has 2 aliphatic heterocycles. The van der Waals surface area contributed by atoms with Crippen molar-refractivity contribution in [2.75, 3.05) is 44.8 Å². The standard InChI is InChI=1S/C17H24N2O2/c1-3-21-12-11-19-10-6-9-17(13-19)14-7-4-5-8-15(14)18(2)16(17)20/h4-5,7-8H,3,6,9-13H2,1-2H3/t17-/m0/s1. The lowest BCUT2D eigenvalue weighted by molar-refractivity contribution is -0.125. The second kappa shape index (κ2) is 5.78. The van der Waals surface area contributed by atoms with Gasteiger partial charge in [0.15, 0.2) is 0 Å². The lowest BCUT2D eigenvalue weighted by Crippen LogP contribution is -2.52. The Balaban J connectivity index is 1.84. The fourth-order valence-corrected chi connectivity index (χ4v) is 3.78. The molecule has 1 atom stereocenters. The molecule has 4 heteroatoms. The first-order valence-electron chi connectivity index (χ1n) is 7.87. The van der Waals surface area contributed by atoms with Gasteiger partial charge in [0, 0.05) is 32.4 Å². The first-order chi connectivity index (χ1) is 10.2. The van der Waals surface area contributed by atoms with Gasteiger partial charge in [0.25, 0.3) is 0 Å². The summed E-state index contributed by atoms with van der Waals surface area (Å²) in [4.78, 5) is 17.1. The minimum Gasteiger partial charge on any atom is -0.380 e. The minimum atomic E-state index is -0.337. The molecular weight excluding hydrogens is 264 g/mol. The molecule has 3 rings (SSSR count). The van der Waals surface area contributed by atoms with E-state index >= 15 is 0 Å². The maximum Gasteiger partial charge on any atom is 0.238 e. The van der Waals surface area contributed by atoms with E-state index in [2.05, 4.69) is 17.0 Å². The average Bonchev–Trinajstić information content (AvgIpc) is 2.71. The third-order valence-electron chi connectivity index (χ3n) is 4.82. The van der Waals surface area contributed by atoms with Crippen LogP contribution in [0.4, 0.5) is 5.69 Å². The van der Waals surface area contributed by atoms with E-state index < -0.39 is 0 Å². The summed E-state index contributed by atoms with van der Waals surface area (Å²) < 4.78 is 5.47. The largest absolute Gasteiger partial charge is 0.380 e. The molecular formula is C17H24N2O2. The van der Waals surface area contributed by atoms with Crippen molar-refractivity contribution in [1.82, 2.24) is 4.90 Å². The van der Waals surface area contributed by atoms with Gasteiger partial charge < -0.3 is 9.64 Å². The van der Waals surface area contributed by atoms with E-state index in [0.29, 0.717) is 0 Å². The highest BCUT2D eigenvalue weighted by molar-refractivity contribution is 6.08. The third kappa shape index (κ3) is 2.36. The average molecular weight is 288 g/mol. The Morgan fingerprint density at radius 2 is 2.14 bits per heavy atom. The third-order valence-corrected chi connectivity index (χ3v) is 4.82. The lowest BCUT2D eigenvalue weighted by atomic mass is 9.75. The molecule has 1 amide bonds. The van der Waals surface area contributed by atoms with Crippen LogP contribution < -0.4 is 4.90 Å². The molecule has 0 N–H and O–H groups in total. The van der Waals surface area contributed by atoms with Crippen LogP contribution in [0.15, 0.2) is 24.3 Å². The highest BCUT2D eigenvalue weighted by atomic mass is 16.5. The van der Waals surface area contributed by atoms with Gasteiger partial charge in [-0.05, 0) is 37.9 Å². The van der Waals surface area contributed by atoms with Gasteiger partial charge in [-0.2, -0.15) is 0 Å². The molecule has 2 heterocycles. The van der Waals surface area contributed by atoms with Crippen LogP contribution in [0.25, 0.3) is 0 Å². The molecule has 1 aromatic rings. The Bertz CT molecular complexity index is 531. The predicted molar refractivity (Wildman–Crippen MR) is 83.7 cm³/mol. The van der Waals surface area contributed by atoms with Crippen LogP contribution in [-0.4, -0.2) is 50.7 Å². The fourth-order valence-electron chi connectivity index (χ4n) is 3.78. The van der Waals surface area contributed by atoms with Crippen LogP contribution in [0.3, 0.4) is 0 Å². The molecule has 1 spiro atoms. The van der Waals surface area contributed by atoms with Crippen molar-refractivity contribution in [1.29, 1.82) is 0 Å². The quantitative estimate of drug-likeness (QED) is 0.795.